The molecule has 0 spiro atoms. The van der Waals surface area contributed by atoms with Crippen molar-refractivity contribution in [3.63, 3.8) is 0 Å². The van der Waals surface area contributed by atoms with Crippen LogP contribution in [0.3, 0.4) is 0 Å². The van der Waals surface area contributed by atoms with Gasteiger partial charge in [0.2, 0.25) is 0 Å². The van der Waals surface area contributed by atoms with Gasteiger partial charge in [-0.2, -0.15) is 0 Å². The van der Waals surface area contributed by atoms with E-state index < -0.39 is 0 Å². The maximum absolute atomic E-state index is 10.7. The van der Waals surface area contributed by atoms with Crippen LogP contribution in [0.25, 0.3) is 6.08 Å². The van der Waals surface area contributed by atoms with Gasteiger partial charge in [-0.15, -0.1) is 0 Å². The summed E-state index contributed by atoms with van der Waals surface area (Å²) in [7, 11) is 0. The zero-order chi connectivity index (χ0) is 9.84. The Labute approximate surface area is 94.1 Å². The van der Waals surface area contributed by atoms with Gasteiger partial charge in [-0.05, 0) is 30.7 Å². The number of halogens is 2. The molecule has 0 N–H and O–H groups in total. The van der Waals surface area contributed by atoms with Gasteiger partial charge in [-0.3, -0.25) is 4.79 Å². The minimum atomic E-state index is 0.0508. The van der Waals surface area contributed by atoms with E-state index in [4.69, 9.17) is 0 Å². The normalized spacial score (nSPS) is 10.7. The molecule has 68 valence electrons. The van der Waals surface area contributed by atoms with Crippen LogP contribution in [-0.4, -0.2) is 5.78 Å². The quantitative estimate of drug-likeness (QED) is 0.759. The number of ketones is 1. The summed E-state index contributed by atoms with van der Waals surface area (Å²) in [5.41, 5.74) is 0.999. The second kappa shape index (κ2) is 4.72. The Hall–Kier alpha value is -0.410. The summed E-state index contributed by atoms with van der Waals surface area (Å²) in [6, 6.07) is 5.82. The molecule has 0 saturated heterocycles. The third-order valence-electron chi connectivity index (χ3n) is 1.46. The third-order valence-corrected chi connectivity index (χ3v) is 2.64. The molecule has 0 unspecified atom stereocenters. The standard InChI is InChI=1S/C10H8Br2O/c1-7(13)2-3-8-4-5-9(11)6-10(8)12/h2-6H,1H3. The van der Waals surface area contributed by atoms with E-state index in [1.807, 2.05) is 18.2 Å². The lowest BCUT2D eigenvalue weighted by atomic mass is 10.2. The fourth-order valence-corrected chi connectivity index (χ4v) is 2.02. The highest BCUT2D eigenvalue weighted by Gasteiger charge is 1.96. The summed E-state index contributed by atoms with van der Waals surface area (Å²) in [5, 5.41) is 0. The first-order valence-corrected chi connectivity index (χ1v) is 5.32. The number of allylic oxidation sites excluding steroid dienone is 1. The molecule has 0 atom stereocenters. The second-order valence-corrected chi connectivity index (χ2v) is 4.38. The highest BCUT2D eigenvalue weighted by molar-refractivity contribution is 9.11. The van der Waals surface area contributed by atoms with E-state index in [9.17, 15) is 4.79 Å². The van der Waals surface area contributed by atoms with Gasteiger partial charge in [0.1, 0.15) is 0 Å². The number of benzene rings is 1. The zero-order valence-corrected chi connectivity index (χ0v) is 10.2. The van der Waals surface area contributed by atoms with Gasteiger partial charge in [-0.1, -0.05) is 44.0 Å². The Morgan fingerprint density at radius 3 is 2.62 bits per heavy atom. The zero-order valence-electron chi connectivity index (χ0n) is 7.05. The van der Waals surface area contributed by atoms with E-state index in [0.717, 1.165) is 14.5 Å². The average molecular weight is 304 g/mol. The Balaban J connectivity index is 2.96. The fourth-order valence-electron chi connectivity index (χ4n) is 0.844. The molecule has 0 radical (unpaired) electrons. The summed E-state index contributed by atoms with van der Waals surface area (Å²) in [6.07, 6.45) is 3.34. The number of hydrogen-bond donors (Lipinski definition) is 0. The van der Waals surface area contributed by atoms with Crippen LogP contribution in [0.1, 0.15) is 12.5 Å². The van der Waals surface area contributed by atoms with Crippen LogP contribution >= 0.6 is 31.9 Å². The molecule has 1 aromatic carbocycles. The molecule has 0 aliphatic rings. The van der Waals surface area contributed by atoms with Crippen LogP contribution in [0.15, 0.2) is 33.2 Å². The number of rotatable bonds is 2. The summed E-state index contributed by atoms with van der Waals surface area (Å²) in [4.78, 5) is 10.7. The molecule has 0 amide bonds. The SMILES string of the molecule is CC(=O)C=Cc1ccc(Br)cc1Br. The molecular formula is C10H8Br2O. The lowest BCUT2D eigenvalue weighted by Crippen LogP contribution is -1.81. The molecular weight excluding hydrogens is 296 g/mol. The predicted octanol–water partition coefficient (Wildman–Crippen LogP) is 3.81. The first-order chi connectivity index (χ1) is 6.09. The number of hydrogen-bond acceptors (Lipinski definition) is 1. The van der Waals surface area contributed by atoms with E-state index in [2.05, 4.69) is 31.9 Å². The summed E-state index contributed by atoms with van der Waals surface area (Å²) < 4.78 is 1.98. The number of carbonyl (C=O) groups is 1. The van der Waals surface area contributed by atoms with Crippen LogP contribution < -0.4 is 0 Å². The molecule has 1 rings (SSSR count). The van der Waals surface area contributed by atoms with Crippen molar-refractivity contribution in [2.45, 2.75) is 6.92 Å². The fraction of sp³-hybridized carbons (Fsp3) is 0.100. The van der Waals surface area contributed by atoms with Gasteiger partial charge >= 0.3 is 0 Å². The Morgan fingerprint density at radius 1 is 1.38 bits per heavy atom. The highest BCUT2D eigenvalue weighted by Crippen LogP contribution is 2.22. The van der Waals surface area contributed by atoms with Gasteiger partial charge in [-0.25, -0.2) is 0 Å². The molecule has 0 heterocycles. The van der Waals surface area contributed by atoms with Crippen molar-refractivity contribution in [3.8, 4) is 0 Å². The van der Waals surface area contributed by atoms with Crippen LogP contribution in [-0.2, 0) is 4.79 Å². The lowest BCUT2D eigenvalue weighted by molar-refractivity contribution is -0.112. The van der Waals surface area contributed by atoms with Gasteiger partial charge in [0.05, 0.1) is 0 Å². The molecule has 3 heteroatoms. The van der Waals surface area contributed by atoms with Gasteiger partial charge in [0.15, 0.2) is 5.78 Å². The molecule has 13 heavy (non-hydrogen) atoms. The molecule has 0 bridgehead atoms. The summed E-state index contributed by atoms with van der Waals surface area (Å²) in [6.45, 7) is 1.53. The van der Waals surface area contributed by atoms with Crippen molar-refractivity contribution in [3.05, 3.63) is 38.8 Å². The Morgan fingerprint density at radius 2 is 2.08 bits per heavy atom. The van der Waals surface area contributed by atoms with Crippen molar-refractivity contribution in [2.24, 2.45) is 0 Å². The van der Waals surface area contributed by atoms with E-state index >= 15 is 0 Å². The predicted molar refractivity (Wildman–Crippen MR) is 61.6 cm³/mol. The van der Waals surface area contributed by atoms with Gasteiger partial charge in [0, 0.05) is 8.95 Å². The van der Waals surface area contributed by atoms with Crippen molar-refractivity contribution in [1.82, 2.24) is 0 Å². The maximum Gasteiger partial charge on any atom is 0.152 e. The van der Waals surface area contributed by atoms with Crippen molar-refractivity contribution >= 4 is 43.7 Å². The molecule has 0 saturated carbocycles. The van der Waals surface area contributed by atoms with Crippen LogP contribution in [0.2, 0.25) is 0 Å². The van der Waals surface area contributed by atoms with E-state index in [-0.39, 0.29) is 5.78 Å². The van der Waals surface area contributed by atoms with Crippen molar-refractivity contribution in [2.75, 3.05) is 0 Å². The van der Waals surface area contributed by atoms with Gasteiger partial charge in [0.25, 0.3) is 0 Å². The minimum absolute atomic E-state index is 0.0508. The molecule has 0 aromatic heterocycles. The third kappa shape index (κ3) is 3.44. The highest BCUT2D eigenvalue weighted by atomic mass is 79.9. The first-order valence-electron chi connectivity index (χ1n) is 3.73. The molecule has 0 aliphatic carbocycles. The molecule has 1 aromatic rings. The number of carbonyl (C=O) groups excluding carboxylic acids is 1. The second-order valence-electron chi connectivity index (χ2n) is 2.61. The van der Waals surface area contributed by atoms with E-state index in [1.165, 1.54) is 6.92 Å². The maximum atomic E-state index is 10.7. The lowest BCUT2D eigenvalue weighted by Gasteiger charge is -1.98. The van der Waals surface area contributed by atoms with Gasteiger partial charge < -0.3 is 0 Å². The van der Waals surface area contributed by atoms with Crippen LogP contribution in [0, 0.1) is 0 Å². The van der Waals surface area contributed by atoms with E-state index in [0.29, 0.717) is 0 Å². The monoisotopic (exact) mass is 302 g/mol. The average Bonchev–Trinajstić information content (AvgIpc) is 2.02. The largest absolute Gasteiger partial charge is 0.295 e. The Bertz CT molecular complexity index is 356. The molecule has 1 nitrogen and oxygen atoms in total. The van der Waals surface area contributed by atoms with Crippen molar-refractivity contribution in [1.29, 1.82) is 0 Å². The van der Waals surface area contributed by atoms with Crippen LogP contribution in [0.5, 0.6) is 0 Å². The van der Waals surface area contributed by atoms with Crippen molar-refractivity contribution < 1.29 is 4.79 Å². The first kappa shape index (κ1) is 10.7. The topological polar surface area (TPSA) is 17.1 Å². The summed E-state index contributed by atoms with van der Waals surface area (Å²) >= 11 is 6.76. The van der Waals surface area contributed by atoms with E-state index in [1.54, 1.807) is 12.2 Å². The Kier molecular flexibility index (Phi) is 3.88. The minimum Gasteiger partial charge on any atom is -0.295 e. The molecule has 0 aliphatic heterocycles. The van der Waals surface area contributed by atoms with Crippen LogP contribution in [0.4, 0.5) is 0 Å². The molecule has 0 fully saturated rings. The smallest absolute Gasteiger partial charge is 0.152 e. The summed E-state index contributed by atoms with van der Waals surface area (Å²) in [5.74, 6) is 0.0508.